The van der Waals surface area contributed by atoms with Gasteiger partial charge >= 0.3 is 0 Å². The average molecular weight is 424 g/mol. The zero-order valence-electron chi connectivity index (χ0n) is 18.5. The molecule has 4 rings (SSSR count). The summed E-state index contributed by atoms with van der Waals surface area (Å²) >= 11 is 0. The maximum absolute atomic E-state index is 13.9. The number of pyridine rings is 1. The standard InChI is InChI=1S/C24H29N3O4/c1-15-7-6-10-27(14-15)24(29)21-17-11-19(30-3)20(31-4)12-18(17)23(28)26(2)22(21)16-8-5-9-25-13-16/h5,8-9,11-13,15,21-22H,6-7,10,14H2,1-4H3. The number of ether oxygens (including phenoxy) is 2. The van der Waals surface area contributed by atoms with Crippen molar-refractivity contribution in [3.05, 3.63) is 53.3 Å². The fourth-order valence-electron chi connectivity index (χ4n) is 4.87. The molecule has 1 aromatic heterocycles. The van der Waals surface area contributed by atoms with E-state index >= 15 is 0 Å². The lowest BCUT2D eigenvalue weighted by Crippen LogP contribution is -2.49. The second-order valence-corrected chi connectivity index (χ2v) is 8.45. The monoisotopic (exact) mass is 423 g/mol. The summed E-state index contributed by atoms with van der Waals surface area (Å²) in [5.74, 6) is 0.775. The van der Waals surface area contributed by atoms with Gasteiger partial charge in [0.25, 0.3) is 5.91 Å². The van der Waals surface area contributed by atoms with Gasteiger partial charge in [-0.05, 0) is 48.1 Å². The van der Waals surface area contributed by atoms with Gasteiger partial charge in [-0.25, -0.2) is 0 Å². The Morgan fingerprint density at radius 2 is 1.94 bits per heavy atom. The maximum Gasteiger partial charge on any atom is 0.254 e. The van der Waals surface area contributed by atoms with E-state index in [2.05, 4.69) is 11.9 Å². The minimum atomic E-state index is -0.549. The molecule has 0 aliphatic carbocycles. The van der Waals surface area contributed by atoms with Crippen LogP contribution in [0.4, 0.5) is 0 Å². The number of carbonyl (C=O) groups excluding carboxylic acids is 2. The van der Waals surface area contributed by atoms with Crippen LogP contribution in [0.2, 0.25) is 0 Å². The van der Waals surface area contributed by atoms with Crippen LogP contribution in [0.25, 0.3) is 0 Å². The largest absolute Gasteiger partial charge is 0.493 e. The first-order valence-corrected chi connectivity index (χ1v) is 10.7. The Kier molecular flexibility index (Phi) is 5.85. The summed E-state index contributed by atoms with van der Waals surface area (Å²) in [5.41, 5.74) is 1.99. The first kappa shape index (κ1) is 21.2. The van der Waals surface area contributed by atoms with Gasteiger partial charge in [-0.2, -0.15) is 0 Å². The highest BCUT2D eigenvalue weighted by Gasteiger charge is 2.45. The van der Waals surface area contributed by atoms with Crippen LogP contribution < -0.4 is 9.47 Å². The van der Waals surface area contributed by atoms with Gasteiger partial charge in [-0.3, -0.25) is 14.6 Å². The fraction of sp³-hybridized carbons (Fsp3) is 0.458. The van der Waals surface area contributed by atoms with E-state index in [0.717, 1.165) is 31.5 Å². The highest BCUT2D eigenvalue weighted by atomic mass is 16.5. The Labute approximate surface area is 183 Å². The molecule has 0 bridgehead atoms. The number of benzene rings is 1. The summed E-state index contributed by atoms with van der Waals surface area (Å²) in [6, 6.07) is 6.79. The summed E-state index contributed by atoms with van der Waals surface area (Å²) in [4.78, 5) is 35.1. The number of rotatable bonds is 4. The molecule has 2 aliphatic rings. The topological polar surface area (TPSA) is 72.0 Å². The van der Waals surface area contributed by atoms with Crippen LogP contribution in [0, 0.1) is 5.92 Å². The molecule has 2 amide bonds. The van der Waals surface area contributed by atoms with Gasteiger partial charge in [0.2, 0.25) is 5.91 Å². The van der Waals surface area contributed by atoms with Gasteiger partial charge in [0.1, 0.15) is 0 Å². The fourth-order valence-corrected chi connectivity index (χ4v) is 4.87. The SMILES string of the molecule is COc1cc2c(cc1OC)C(C(=O)N1CCCC(C)C1)C(c1cccnc1)N(C)C2=O. The van der Waals surface area contributed by atoms with Crippen LogP contribution in [-0.2, 0) is 4.79 Å². The van der Waals surface area contributed by atoms with E-state index in [-0.39, 0.29) is 11.8 Å². The molecule has 7 nitrogen and oxygen atoms in total. The summed E-state index contributed by atoms with van der Waals surface area (Å²) in [5, 5.41) is 0. The second kappa shape index (κ2) is 8.57. The average Bonchev–Trinajstić information content (AvgIpc) is 2.80. The van der Waals surface area contributed by atoms with Crippen molar-refractivity contribution in [2.24, 2.45) is 5.92 Å². The number of carbonyl (C=O) groups is 2. The minimum Gasteiger partial charge on any atom is -0.493 e. The highest BCUT2D eigenvalue weighted by Crippen LogP contribution is 2.46. The van der Waals surface area contributed by atoms with Crippen LogP contribution >= 0.6 is 0 Å². The van der Waals surface area contributed by atoms with E-state index in [4.69, 9.17) is 9.47 Å². The highest BCUT2D eigenvalue weighted by molar-refractivity contribution is 6.02. The number of likely N-dealkylation sites (tertiary alicyclic amines) is 1. The molecule has 2 aliphatic heterocycles. The summed E-state index contributed by atoms with van der Waals surface area (Å²) < 4.78 is 10.9. The molecule has 2 aromatic rings. The minimum absolute atomic E-state index is 0.0354. The molecule has 3 heterocycles. The van der Waals surface area contributed by atoms with E-state index in [1.54, 1.807) is 43.6 Å². The van der Waals surface area contributed by atoms with Gasteiger partial charge in [0, 0.05) is 38.1 Å². The molecule has 0 spiro atoms. The molecule has 0 radical (unpaired) electrons. The quantitative estimate of drug-likeness (QED) is 0.755. The third-order valence-corrected chi connectivity index (χ3v) is 6.44. The lowest BCUT2D eigenvalue weighted by molar-refractivity contribution is -0.136. The molecule has 3 atom stereocenters. The summed E-state index contributed by atoms with van der Waals surface area (Å²) in [6.07, 6.45) is 5.55. The number of likely N-dealkylation sites (N-methyl/N-ethyl adjacent to an activating group) is 1. The molecule has 3 unspecified atom stereocenters. The molecule has 0 N–H and O–H groups in total. The lowest BCUT2D eigenvalue weighted by atomic mass is 9.79. The Balaban J connectivity index is 1.88. The molecule has 7 heteroatoms. The van der Waals surface area contributed by atoms with Crippen LogP contribution in [0.1, 0.15) is 53.2 Å². The van der Waals surface area contributed by atoms with Crippen molar-refractivity contribution in [2.45, 2.75) is 31.7 Å². The van der Waals surface area contributed by atoms with E-state index in [9.17, 15) is 9.59 Å². The third kappa shape index (κ3) is 3.73. The third-order valence-electron chi connectivity index (χ3n) is 6.44. The van der Waals surface area contributed by atoms with Gasteiger partial charge in [0.05, 0.1) is 26.2 Å². The van der Waals surface area contributed by atoms with E-state index in [1.807, 2.05) is 17.0 Å². The molecule has 164 valence electrons. The van der Waals surface area contributed by atoms with Gasteiger partial charge in [0.15, 0.2) is 11.5 Å². The second-order valence-electron chi connectivity index (χ2n) is 8.45. The Morgan fingerprint density at radius 3 is 2.58 bits per heavy atom. The van der Waals surface area contributed by atoms with Crippen molar-refractivity contribution in [2.75, 3.05) is 34.4 Å². The number of piperidine rings is 1. The number of nitrogens with zero attached hydrogens (tertiary/aromatic N) is 3. The van der Waals surface area contributed by atoms with Crippen LogP contribution in [0.15, 0.2) is 36.7 Å². The predicted octanol–water partition coefficient (Wildman–Crippen LogP) is 3.27. The van der Waals surface area contributed by atoms with Crippen molar-refractivity contribution in [1.29, 1.82) is 0 Å². The zero-order chi connectivity index (χ0) is 22.1. The maximum atomic E-state index is 13.9. The van der Waals surface area contributed by atoms with Crippen molar-refractivity contribution in [3.63, 3.8) is 0 Å². The zero-order valence-corrected chi connectivity index (χ0v) is 18.5. The van der Waals surface area contributed by atoms with Gasteiger partial charge < -0.3 is 19.3 Å². The number of hydrogen-bond donors (Lipinski definition) is 0. The number of hydrogen-bond acceptors (Lipinski definition) is 5. The van der Waals surface area contributed by atoms with E-state index < -0.39 is 12.0 Å². The van der Waals surface area contributed by atoms with Crippen molar-refractivity contribution < 1.29 is 19.1 Å². The normalized spacial score (nSPS) is 23.4. The van der Waals surface area contributed by atoms with Crippen molar-refractivity contribution >= 4 is 11.8 Å². The van der Waals surface area contributed by atoms with Crippen LogP contribution in [0.5, 0.6) is 11.5 Å². The number of fused-ring (bicyclic) bond motifs is 1. The van der Waals surface area contributed by atoms with Gasteiger partial charge in [-0.1, -0.05) is 13.0 Å². The molecule has 1 saturated heterocycles. The predicted molar refractivity (Wildman–Crippen MR) is 116 cm³/mol. The summed E-state index contributed by atoms with van der Waals surface area (Å²) in [6.45, 7) is 3.64. The Bertz CT molecular complexity index is 978. The van der Waals surface area contributed by atoms with Crippen LogP contribution in [0.3, 0.4) is 0 Å². The smallest absolute Gasteiger partial charge is 0.254 e. The molecule has 1 fully saturated rings. The first-order chi connectivity index (χ1) is 15.0. The molecule has 1 aromatic carbocycles. The van der Waals surface area contributed by atoms with E-state index in [0.29, 0.717) is 28.5 Å². The molecule has 31 heavy (non-hydrogen) atoms. The first-order valence-electron chi connectivity index (χ1n) is 10.7. The van der Waals surface area contributed by atoms with Crippen molar-refractivity contribution in [1.82, 2.24) is 14.8 Å². The van der Waals surface area contributed by atoms with Crippen LogP contribution in [-0.4, -0.2) is 61.0 Å². The number of aromatic nitrogens is 1. The number of methoxy groups -OCH3 is 2. The lowest BCUT2D eigenvalue weighted by Gasteiger charge is -2.43. The van der Waals surface area contributed by atoms with Crippen molar-refractivity contribution in [3.8, 4) is 11.5 Å². The Hall–Kier alpha value is -3.09. The van der Waals surface area contributed by atoms with Gasteiger partial charge in [-0.15, -0.1) is 0 Å². The Morgan fingerprint density at radius 1 is 1.19 bits per heavy atom. The summed E-state index contributed by atoms with van der Waals surface area (Å²) in [7, 11) is 4.85. The van der Waals surface area contributed by atoms with E-state index in [1.165, 1.54) is 7.11 Å². The molecular formula is C24H29N3O4. The molecule has 0 saturated carbocycles. The number of amides is 2. The molecular weight excluding hydrogens is 394 g/mol.